The molecule has 0 atom stereocenters. The van der Waals surface area contributed by atoms with Gasteiger partial charge in [-0.25, -0.2) is 19.2 Å². The van der Waals surface area contributed by atoms with E-state index in [-0.39, 0.29) is 11.4 Å². The number of aromatic carboxylic acids is 1. The van der Waals surface area contributed by atoms with Crippen molar-refractivity contribution < 1.29 is 23.4 Å². The second-order valence-electron chi connectivity index (χ2n) is 8.73. The predicted octanol–water partition coefficient (Wildman–Crippen LogP) is 5.94. The van der Waals surface area contributed by atoms with Gasteiger partial charge in [0, 0.05) is 30.6 Å². The Balaban J connectivity index is 1.57. The van der Waals surface area contributed by atoms with Crippen molar-refractivity contribution in [1.82, 2.24) is 9.97 Å². The Bertz CT molecular complexity index is 1520. The summed E-state index contributed by atoms with van der Waals surface area (Å²) in [5.41, 5.74) is 4.54. The number of hydrogen-bond donors (Lipinski definition) is 1. The fourth-order valence-corrected chi connectivity index (χ4v) is 4.80. The van der Waals surface area contributed by atoms with Crippen LogP contribution in [0.1, 0.15) is 40.1 Å². The van der Waals surface area contributed by atoms with Crippen LogP contribution in [-0.2, 0) is 12.8 Å². The molecule has 1 aliphatic carbocycles. The van der Waals surface area contributed by atoms with Crippen LogP contribution in [0.25, 0.3) is 28.6 Å². The number of carbonyl (C=O) groups is 1. The van der Waals surface area contributed by atoms with E-state index < -0.39 is 5.97 Å². The lowest BCUT2D eigenvalue weighted by molar-refractivity contribution is 0.0697. The lowest BCUT2D eigenvalue weighted by Crippen LogP contribution is -2.26. The van der Waals surface area contributed by atoms with Gasteiger partial charge < -0.3 is 19.2 Å². The number of aryl methyl sites for hydroxylation is 2. The monoisotopic (exact) mass is 471 g/mol. The van der Waals surface area contributed by atoms with Crippen molar-refractivity contribution >= 4 is 34.6 Å². The van der Waals surface area contributed by atoms with Crippen LogP contribution in [0.5, 0.6) is 5.75 Å². The highest BCUT2D eigenvalue weighted by Crippen LogP contribution is 2.41. The summed E-state index contributed by atoms with van der Waals surface area (Å²) in [5, 5.41) is 9.47. The largest absolute Gasteiger partial charge is 0.497 e. The van der Waals surface area contributed by atoms with Gasteiger partial charge in [0.2, 0.25) is 0 Å². The summed E-state index contributed by atoms with van der Waals surface area (Å²) in [7, 11) is 1.64. The van der Waals surface area contributed by atoms with E-state index in [9.17, 15) is 14.3 Å². The van der Waals surface area contributed by atoms with Crippen molar-refractivity contribution in [2.45, 2.75) is 25.7 Å². The number of carboxylic acids is 1. The van der Waals surface area contributed by atoms with Crippen LogP contribution >= 0.6 is 0 Å². The molecule has 0 spiro atoms. The molecule has 176 valence electrons. The van der Waals surface area contributed by atoms with E-state index in [4.69, 9.17) is 19.1 Å². The van der Waals surface area contributed by atoms with Crippen molar-refractivity contribution in [2.24, 2.45) is 0 Å². The van der Waals surface area contributed by atoms with Gasteiger partial charge in [0.05, 0.1) is 23.7 Å². The van der Waals surface area contributed by atoms with Crippen molar-refractivity contribution in [1.29, 1.82) is 0 Å². The van der Waals surface area contributed by atoms with E-state index in [0.717, 1.165) is 35.6 Å². The number of methoxy groups -OCH3 is 1. The van der Waals surface area contributed by atoms with Gasteiger partial charge in [-0.05, 0) is 66.9 Å². The van der Waals surface area contributed by atoms with Crippen molar-refractivity contribution in [3.8, 4) is 17.2 Å². The van der Waals surface area contributed by atoms with Gasteiger partial charge in [-0.3, -0.25) is 0 Å². The second kappa shape index (κ2) is 8.23. The van der Waals surface area contributed by atoms with E-state index in [1.165, 1.54) is 18.2 Å². The first-order chi connectivity index (χ1) is 17.0. The quantitative estimate of drug-likeness (QED) is 0.394. The van der Waals surface area contributed by atoms with E-state index in [2.05, 4.69) is 4.90 Å². The fraction of sp³-hybridized carbons (Fsp3) is 0.222. The maximum absolute atomic E-state index is 13.9. The van der Waals surface area contributed by atoms with E-state index in [1.54, 1.807) is 19.2 Å². The van der Waals surface area contributed by atoms with Crippen molar-refractivity contribution in [3.63, 3.8) is 0 Å². The SMILES string of the molecule is COc1ccc2c(c1)CCCN2c1nc2cc(C(=O)O)ccc2nc1-c1cc2c(o1)CCC(F)=C2. The Morgan fingerprint density at radius 3 is 2.80 bits per heavy atom. The summed E-state index contributed by atoms with van der Waals surface area (Å²) in [6.45, 7) is 0.708. The Kier molecular flexibility index (Phi) is 5.02. The predicted molar refractivity (Wildman–Crippen MR) is 130 cm³/mol. The van der Waals surface area contributed by atoms with Crippen molar-refractivity contribution in [2.75, 3.05) is 18.6 Å². The third-order valence-electron chi connectivity index (χ3n) is 6.53. The first-order valence-electron chi connectivity index (χ1n) is 11.5. The van der Waals surface area contributed by atoms with E-state index in [1.807, 2.05) is 18.2 Å². The lowest BCUT2D eigenvalue weighted by Gasteiger charge is -2.31. The highest BCUT2D eigenvalue weighted by Gasteiger charge is 2.27. The zero-order valence-electron chi connectivity index (χ0n) is 19.0. The average Bonchev–Trinajstić information content (AvgIpc) is 3.29. The number of fused-ring (bicyclic) bond motifs is 3. The zero-order valence-corrected chi connectivity index (χ0v) is 19.0. The molecule has 0 saturated heterocycles. The molecular formula is C27H22FN3O4. The Hall–Kier alpha value is -4.20. The summed E-state index contributed by atoms with van der Waals surface area (Å²) < 4.78 is 25.5. The molecule has 0 fully saturated rings. The first-order valence-corrected chi connectivity index (χ1v) is 11.5. The molecule has 7 nitrogen and oxygen atoms in total. The maximum atomic E-state index is 13.9. The van der Waals surface area contributed by atoms with Crippen LogP contribution in [0.3, 0.4) is 0 Å². The van der Waals surface area contributed by atoms with Gasteiger partial charge in [-0.15, -0.1) is 0 Å². The van der Waals surface area contributed by atoms with Crippen LogP contribution in [0.15, 0.2) is 52.7 Å². The second-order valence-corrected chi connectivity index (χ2v) is 8.73. The Labute approximate surface area is 200 Å². The number of aromatic nitrogens is 2. The van der Waals surface area contributed by atoms with Crippen LogP contribution in [0.2, 0.25) is 0 Å². The number of hydrogen-bond acceptors (Lipinski definition) is 6. The Morgan fingerprint density at radius 1 is 1.09 bits per heavy atom. The number of ether oxygens (including phenoxy) is 1. The summed E-state index contributed by atoms with van der Waals surface area (Å²) >= 11 is 0. The molecule has 2 aliphatic rings. The molecule has 2 aromatic carbocycles. The average molecular weight is 471 g/mol. The minimum Gasteiger partial charge on any atom is -0.497 e. The fourth-order valence-electron chi connectivity index (χ4n) is 4.80. The number of benzene rings is 2. The highest BCUT2D eigenvalue weighted by atomic mass is 19.1. The van der Waals surface area contributed by atoms with Gasteiger partial charge in [-0.2, -0.15) is 0 Å². The van der Waals surface area contributed by atoms with Gasteiger partial charge >= 0.3 is 5.97 Å². The van der Waals surface area contributed by atoms with Gasteiger partial charge in [-0.1, -0.05) is 0 Å². The minimum absolute atomic E-state index is 0.142. The summed E-state index contributed by atoms with van der Waals surface area (Å²) in [4.78, 5) is 23.4. The zero-order chi connectivity index (χ0) is 24.1. The molecule has 4 aromatic rings. The molecule has 6 rings (SSSR count). The van der Waals surface area contributed by atoms with Gasteiger partial charge in [0.1, 0.15) is 23.0 Å². The molecule has 1 aliphatic heterocycles. The number of allylic oxidation sites excluding steroid dienone is 1. The first kappa shape index (κ1) is 21.3. The summed E-state index contributed by atoms with van der Waals surface area (Å²) in [6.07, 6.45) is 4.11. The van der Waals surface area contributed by atoms with Gasteiger partial charge in [0.15, 0.2) is 11.6 Å². The molecule has 3 heterocycles. The van der Waals surface area contributed by atoms with Crippen LogP contribution in [0.4, 0.5) is 15.9 Å². The minimum atomic E-state index is -1.03. The number of nitrogens with zero attached hydrogens (tertiary/aromatic N) is 3. The van der Waals surface area contributed by atoms with Crippen LogP contribution in [0, 0.1) is 0 Å². The molecular weight excluding hydrogens is 449 g/mol. The molecule has 35 heavy (non-hydrogen) atoms. The van der Waals surface area contributed by atoms with E-state index >= 15 is 0 Å². The summed E-state index contributed by atoms with van der Waals surface area (Å²) in [5.74, 6) is 1.39. The van der Waals surface area contributed by atoms with Crippen LogP contribution < -0.4 is 9.64 Å². The third kappa shape index (κ3) is 3.71. The number of carboxylic acid groups (broad SMARTS) is 1. The molecule has 0 bridgehead atoms. The number of anilines is 2. The number of furan rings is 1. The molecule has 0 saturated carbocycles. The smallest absolute Gasteiger partial charge is 0.335 e. The third-order valence-corrected chi connectivity index (χ3v) is 6.53. The molecule has 8 heteroatoms. The maximum Gasteiger partial charge on any atom is 0.335 e. The number of halogens is 1. The Morgan fingerprint density at radius 2 is 1.97 bits per heavy atom. The van der Waals surface area contributed by atoms with Crippen LogP contribution in [-0.4, -0.2) is 34.7 Å². The topological polar surface area (TPSA) is 88.7 Å². The standard InChI is InChI=1S/C27H22FN3O4/c1-34-19-6-8-22-15(12-19)3-2-10-31(22)26-25(24-14-17-11-18(28)5-9-23(17)35-24)29-20-7-4-16(27(32)33)13-21(20)30-26/h4,6-8,11-14H,2-3,5,9-10H2,1H3,(H,32,33). The molecule has 0 unspecified atom stereocenters. The summed E-state index contributed by atoms with van der Waals surface area (Å²) in [6, 6.07) is 12.4. The lowest BCUT2D eigenvalue weighted by atomic mass is 10.0. The molecule has 1 N–H and O–H groups in total. The molecule has 0 radical (unpaired) electrons. The number of rotatable bonds is 4. The molecule has 2 aromatic heterocycles. The normalized spacial score (nSPS) is 14.9. The van der Waals surface area contributed by atoms with Crippen molar-refractivity contribution in [3.05, 3.63) is 70.7 Å². The van der Waals surface area contributed by atoms with E-state index in [0.29, 0.717) is 53.3 Å². The highest BCUT2D eigenvalue weighted by molar-refractivity contribution is 5.93. The van der Waals surface area contributed by atoms with Gasteiger partial charge in [0.25, 0.3) is 0 Å². The molecule has 0 amide bonds.